The zero-order valence-corrected chi connectivity index (χ0v) is 27.0. The zero-order chi connectivity index (χ0) is 33.0. The first kappa shape index (κ1) is 28.3. The minimum absolute atomic E-state index is 0.888. The van der Waals surface area contributed by atoms with Crippen LogP contribution in [0.15, 0.2) is 181 Å². The van der Waals surface area contributed by atoms with Gasteiger partial charge in [-0.2, -0.15) is 0 Å². The summed E-state index contributed by atoms with van der Waals surface area (Å²) >= 11 is 0. The van der Waals surface area contributed by atoms with Gasteiger partial charge in [-0.3, -0.25) is 9.97 Å². The van der Waals surface area contributed by atoms with Crippen LogP contribution < -0.4 is 0 Å². The van der Waals surface area contributed by atoms with Crippen LogP contribution >= 0.6 is 0 Å². The molecule has 0 N–H and O–H groups in total. The van der Waals surface area contributed by atoms with E-state index in [4.69, 9.17) is 4.42 Å². The summed E-state index contributed by atoms with van der Waals surface area (Å²) in [6.45, 7) is 0. The van der Waals surface area contributed by atoms with E-state index >= 15 is 0 Å². The second kappa shape index (κ2) is 11.4. The fraction of sp³-hybridized carbons (Fsp3) is 0. The third-order valence-corrected chi connectivity index (χ3v) is 9.78. The maximum absolute atomic E-state index is 6.31. The van der Waals surface area contributed by atoms with Crippen molar-refractivity contribution in [2.24, 2.45) is 0 Å². The van der Waals surface area contributed by atoms with Crippen molar-refractivity contribution in [1.82, 2.24) is 14.5 Å². The summed E-state index contributed by atoms with van der Waals surface area (Å²) < 4.78 is 8.55. The van der Waals surface area contributed by atoms with E-state index < -0.39 is 0 Å². The van der Waals surface area contributed by atoms with Gasteiger partial charge in [0.2, 0.25) is 0 Å². The summed E-state index contributed by atoms with van der Waals surface area (Å²) in [5, 5.41) is 4.57. The third-order valence-electron chi connectivity index (χ3n) is 9.78. The number of hydrogen-bond acceptors (Lipinski definition) is 3. The van der Waals surface area contributed by atoms with Gasteiger partial charge < -0.3 is 8.98 Å². The van der Waals surface area contributed by atoms with Crippen LogP contribution in [0.5, 0.6) is 0 Å². The molecular weight excluding hydrogens is 611 g/mol. The smallest absolute Gasteiger partial charge is 0.135 e. The highest BCUT2D eigenvalue weighted by atomic mass is 16.3. The van der Waals surface area contributed by atoms with Gasteiger partial charge in [-0.25, -0.2) is 0 Å². The van der Waals surface area contributed by atoms with E-state index in [0.717, 1.165) is 60.9 Å². The Bertz CT molecular complexity index is 2800. The van der Waals surface area contributed by atoms with Gasteiger partial charge in [-0.15, -0.1) is 0 Å². The molecule has 4 heteroatoms. The molecule has 50 heavy (non-hydrogen) atoms. The fourth-order valence-corrected chi connectivity index (χ4v) is 7.32. The van der Waals surface area contributed by atoms with Gasteiger partial charge in [0.15, 0.2) is 0 Å². The van der Waals surface area contributed by atoms with Crippen LogP contribution in [0, 0.1) is 0 Å². The van der Waals surface area contributed by atoms with Gasteiger partial charge in [0.05, 0.1) is 23.4 Å². The van der Waals surface area contributed by atoms with E-state index in [9.17, 15) is 0 Å². The lowest BCUT2D eigenvalue weighted by Crippen LogP contribution is -1.94. The van der Waals surface area contributed by atoms with E-state index in [1.165, 1.54) is 33.0 Å². The molecule has 0 bridgehead atoms. The molecule has 0 spiro atoms. The predicted molar refractivity (Wildman–Crippen MR) is 205 cm³/mol. The molecule has 10 rings (SSSR count). The van der Waals surface area contributed by atoms with Crippen LogP contribution in [-0.2, 0) is 0 Å². The second-order valence-electron chi connectivity index (χ2n) is 12.7. The average Bonchev–Trinajstić information content (AvgIpc) is 3.73. The molecule has 0 radical (unpaired) electrons. The van der Waals surface area contributed by atoms with Crippen molar-refractivity contribution in [2.45, 2.75) is 0 Å². The Morgan fingerprint density at radius 1 is 0.360 bits per heavy atom. The maximum Gasteiger partial charge on any atom is 0.135 e. The first-order valence-corrected chi connectivity index (χ1v) is 16.8. The number of pyridine rings is 2. The number of rotatable bonds is 5. The maximum atomic E-state index is 6.31. The lowest BCUT2D eigenvalue weighted by atomic mass is 9.92. The summed E-state index contributed by atoms with van der Waals surface area (Å²) in [5.41, 5.74) is 14.3. The highest BCUT2D eigenvalue weighted by Gasteiger charge is 2.15. The molecule has 4 heterocycles. The summed E-state index contributed by atoms with van der Waals surface area (Å²) in [6.07, 6.45) is 7.56. The number of benzene rings is 6. The average molecular weight is 640 g/mol. The largest absolute Gasteiger partial charge is 0.456 e. The molecule has 234 valence electrons. The Balaban J connectivity index is 1.10. The Morgan fingerprint density at radius 3 is 1.34 bits per heavy atom. The molecular formula is C46H29N3O. The van der Waals surface area contributed by atoms with Gasteiger partial charge in [0.25, 0.3) is 0 Å². The monoisotopic (exact) mass is 639 g/mol. The van der Waals surface area contributed by atoms with Crippen molar-refractivity contribution in [3.8, 4) is 50.2 Å². The quantitative estimate of drug-likeness (QED) is 0.188. The van der Waals surface area contributed by atoms with Crippen molar-refractivity contribution < 1.29 is 4.42 Å². The first-order chi connectivity index (χ1) is 24.8. The van der Waals surface area contributed by atoms with Crippen molar-refractivity contribution in [3.05, 3.63) is 176 Å². The normalized spacial score (nSPS) is 11.6. The van der Waals surface area contributed by atoms with Gasteiger partial charge in [0, 0.05) is 39.6 Å². The van der Waals surface area contributed by atoms with Crippen LogP contribution in [0.2, 0.25) is 0 Å². The molecule has 0 aliphatic heterocycles. The SMILES string of the molecule is c1ccc(-c2cc(-c3ccc(-n4c5cnccc5c5ccncc54)cc3)cc(-c3ccc4oc5ccc(-c6ccccc6)cc5c4c3)c2)cc1. The van der Waals surface area contributed by atoms with E-state index in [0.29, 0.717) is 0 Å². The van der Waals surface area contributed by atoms with Crippen molar-refractivity contribution >= 4 is 43.7 Å². The van der Waals surface area contributed by atoms with Crippen molar-refractivity contribution in [3.63, 3.8) is 0 Å². The lowest BCUT2D eigenvalue weighted by Gasteiger charge is -2.13. The third kappa shape index (κ3) is 4.69. The molecule has 0 unspecified atom stereocenters. The molecule has 0 saturated heterocycles. The zero-order valence-electron chi connectivity index (χ0n) is 27.0. The Morgan fingerprint density at radius 2 is 0.800 bits per heavy atom. The fourth-order valence-electron chi connectivity index (χ4n) is 7.32. The van der Waals surface area contributed by atoms with Crippen molar-refractivity contribution in [1.29, 1.82) is 0 Å². The van der Waals surface area contributed by atoms with Crippen LogP contribution in [0.1, 0.15) is 0 Å². The van der Waals surface area contributed by atoms with Crippen LogP contribution in [0.25, 0.3) is 93.9 Å². The number of hydrogen-bond donors (Lipinski definition) is 0. The molecule has 0 aliphatic carbocycles. The number of nitrogens with zero attached hydrogens (tertiary/aromatic N) is 3. The molecule has 0 fully saturated rings. The van der Waals surface area contributed by atoms with E-state index in [-0.39, 0.29) is 0 Å². The topological polar surface area (TPSA) is 43.9 Å². The van der Waals surface area contributed by atoms with E-state index in [2.05, 4.69) is 166 Å². The van der Waals surface area contributed by atoms with Crippen LogP contribution in [0.4, 0.5) is 0 Å². The van der Waals surface area contributed by atoms with Crippen LogP contribution in [0.3, 0.4) is 0 Å². The number of aromatic nitrogens is 3. The van der Waals surface area contributed by atoms with E-state index in [1.807, 2.05) is 24.8 Å². The minimum atomic E-state index is 0.888. The van der Waals surface area contributed by atoms with Gasteiger partial charge in [-0.05, 0) is 111 Å². The summed E-state index contributed by atoms with van der Waals surface area (Å²) in [5.74, 6) is 0. The molecule has 10 aromatic rings. The molecule has 0 saturated carbocycles. The Kier molecular flexibility index (Phi) is 6.46. The Labute approximate surface area is 288 Å². The molecule has 0 atom stereocenters. The van der Waals surface area contributed by atoms with Gasteiger partial charge in [0.1, 0.15) is 11.2 Å². The van der Waals surface area contributed by atoms with Crippen LogP contribution in [-0.4, -0.2) is 14.5 Å². The van der Waals surface area contributed by atoms with Gasteiger partial charge in [-0.1, -0.05) is 84.9 Å². The first-order valence-electron chi connectivity index (χ1n) is 16.8. The highest BCUT2D eigenvalue weighted by Crippen LogP contribution is 2.38. The molecule has 0 amide bonds. The Hall–Kier alpha value is -6.78. The molecule has 6 aromatic carbocycles. The summed E-state index contributed by atoms with van der Waals surface area (Å²) in [7, 11) is 0. The molecule has 4 aromatic heterocycles. The molecule has 0 aliphatic rings. The summed E-state index contributed by atoms with van der Waals surface area (Å²) in [4.78, 5) is 8.88. The number of fused-ring (bicyclic) bond motifs is 6. The second-order valence-corrected chi connectivity index (χ2v) is 12.7. The minimum Gasteiger partial charge on any atom is -0.456 e. The summed E-state index contributed by atoms with van der Waals surface area (Å²) in [6, 6.07) is 54.0. The standard InChI is InChI=1S/C46H29N3O/c1-3-7-30(8-4-1)33-13-17-45-41(26-33)42-27-34(14-18-46(42)50-45)37-24-35(31-9-5-2-6-10-31)23-36(25-37)32-11-15-38(16-12-32)49-43-28-47-21-19-39(43)40-20-22-48-29-44(40)49/h1-29H. The van der Waals surface area contributed by atoms with Crippen molar-refractivity contribution in [2.75, 3.05) is 0 Å². The predicted octanol–water partition coefficient (Wildman–Crippen LogP) is 12.1. The van der Waals surface area contributed by atoms with E-state index in [1.54, 1.807) is 0 Å². The lowest BCUT2D eigenvalue weighted by molar-refractivity contribution is 0.669. The number of furan rings is 1. The van der Waals surface area contributed by atoms with Gasteiger partial charge >= 0.3 is 0 Å². The highest BCUT2D eigenvalue weighted by molar-refractivity contribution is 6.09. The molecule has 4 nitrogen and oxygen atoms in total.